The highest BCUT2D eigenvalue weighted by molar-refractivity contribution is 5.93. The summed E-state index contributed by atoms with van der Waals surface area (Å²) in [6, 6.07) is 4.48. The average Bonchev–Trinajstić information content (AvgIpc) is 3.20. The van der Waals surface area contributed by atoms with Gasteiger partial charge >= 0.3 is 6.18 Å². The molecule has 2 heterocycles. The number of alkyl halides is 3. The number of aromatic nitrogens is 3. The Morgan fingerprint density at radius 3 is 2.72 bits per heavy atom. The summed E-state index contributed by atoms with van der Waals surface area (Å²) in [5.41, 5.74) is 3.26. The Morgan fingerprint density at radius 2 is 2.12 bits per heavy atom. The minimum Gasteiger partial charge on any atom is -0.337 e. The third-order valence-corrected chi connectivity index (χ3v) is 4.10. The molecule has 10 heteroatoms. The van der Waals surface area contributed by atoms with Crippen molar-refractivity contribution in [3.8, 4) is 5.69 Å². The minimum atomic E-state index is -4.88. The number of benzene rings is 1. The molecule has 6 nitrogen and oxygen atoms in total. The van der Waals surface area contributed by atoms with Crippen LogP contribution in [0.2, 0.25) is 0 Å². The van der Waals surface area contributed by atoms with E-state index in [-0.39, 0.29) is 18.2 Å². The molecule has 1 aliphatic rings. The molecule has 2 N–H and O–H groups in total. The molecule has 0 saturated carbocycles. The van der Waals surface area contributed by atoms with Crippen molar-refractivity contribution in [3.05, 3.63) is 41.5 Å². The molecule has 0 bridgehead atoms. The van der Waals surface area contributed by atoms with Gasteiger partial charge in [-0.3, -0.25) is 4.79 Å². The number of rotatable bonds is 3. The number of carbonyl (C=O) groups excluding carboxylic acids is 1. The van der Waals surface area contributed by atoms with Crippen molar-refractivity contribution in [3.63, 3.8) is 0 Å². The van der Waals surface area contributed by atoms with E-state index in [4.69, 9.17) is 5.73 Å². The molecule has 1 saturated heterocycles. The zero-order valence-electron chi connectivity index (χ0n) is 13.0. The fourth-order valence-electron chi connectivity index (χ4n) is 2.83. The van der Waals surface area contributed by atoms with E-state index in [0.717, 1.165) is 12.1 Å². The maximum absolute atomic E-state index is 13.5. The third kappa shape index (κ3) is 3.34. The monoisotopic (exact) mass is 357 g/mol. The molecule has 134 valence electrons. The molecule has 1 atom stereocenters. The van der Waals surface area contributed by atoms with E-state index in [1.54, 1.807) is 0 Å². The number of amides is 1. The van der Waals surface area contributed by atoms with Crippen LogP contribution < -0.4 is 5.73 Å². The maximum Gasteiger partial charge on any atom is 0.435 e. The number of carbonyl (C=O) groups is 1. The summed E-state index contributed by atoms with van der Waals surface area (Å²) in [6.45, 7) is 0.941. The molecule has 1 aromatic carbocycles. The van der Waals surface area contributed by atoms with Gasteiger partial charge in [0.05, 0.1) is 5.69 Å². The number of nitrogens with two attached hydrogens (primary N) is 1. The summed E-state index contributed by atoms with van der Waals surface area (Å²) in [5.74, 6) is -1.53. The van der Waals surface area contributed by atoms with Crippen molar-refractivity contribution in [1.82, 2.24) is 19.9 Å². The zero-order chi connectivity index (χ0) is 18.2. The standard InChI is InChI=1S/C15H15F4N5O/c16-10-2-1-3-11(6-10)24-13(15(17,18)19)12(21-22-24)14(25)23-5-4-9(7-20)8-23/h1-3,6,9H,4-5,7-8,20H2. The molecule has 0 aliphatic carbocycles. The van der Waals surface area contributed by atoms with E-state index < -0.39 is 29.3 Å². The molecule has 1 amide bonds. The van der Waals surface area contributed by atoms with E-state index in [9.17, 15) is 22.4 Å². The lowest BCUT2D eigenvalue weighted by atomic mass is 10.1. The molecule has 3 rings (SSSR count). The van der Waals surface area contributed by atoms with Crippen LogP contribution in [0.4, 0.5) is 17.6 Å². The van der Waals surface area contributed by atoms with Crippen LogP contribution in [0.5, 0.6) is 0 Å². The quantitative estimate of drug-likeness (QED) is 0.851. The molecular formula is C15H15F4N5O. The normalized spacial score (nSPS) is 18.0. The van der Waals surface area contributed by atoms with Crippen LogP contribution in [0.25, 0.3) is 5.69 Å². The van der Waals surface area contributed by atoms with E-state index in [0.29, 0.717) is 24.2 Å². The predicted octanol–water partition coefficient (Wildman–Crippen LogP) is 1.85. The predicted molar refractivity (Wildman–Crippen MR) is 79.4 cm³/mol. The lowest BCUT2D eigenvalue weighted by Crippen LogP contribution is -2.32. The number of hydrogen-bond acceptors (Lipinski definition) is 4. The number of hydrogen-bond donors (Lipinski definition) is 1. The molecule has 0 spiro atoms. The third-order valence-electron chi connectivity index (χ3n) is 4.10. The van der Waals surface area contributed by atoms with E-state index in [1.807, 2.05) is 0 Å². The SMILES string of the molecule is NCC1CCN(C(=O)c2nnn(-c3cccc(F)c3)c2C(F)(F)F)C1. The first-order valence-electron chi connectivity index (χ1n) is 7.59. The van der Waals surface area contributed by atoms with Gasteiger partial charge in [-0.15, -0.1) is 5.10 Å². The van der Waals surface area contributed by atoms with E-state index in [2.05, 4.69) is 10.3 Å². The van der Waals surface area contributed by atoms with Crippen LogP contribution >= 0.6 is 0 Å². The van der Waals surface area contributed by atoms with Gasteiger partial charge in [0.25, 0.3) is 5.91 Å². The van der Waals surface area contributed by atoms with E-state index >= 15 is 0 Å². The Labute approximate surface area is 140 Å². The average molecular weight is 357 g/mol. The van der Waals surface area contributed by atoms with Gasteiger partial charge in [-0.05, 0) is 37.1 Å². The highest BCUT2D eigenvalue weighted by Gasteiger charge is 2.43. The van der Waals surface area contributed by atoms with Crippen molar-refractivity contribution in [2.45, 2.75) is 12.6 Å². The topological polar surface area (TPSA) is 77.0 Å². The lowest BCUT2D eigenvalue weighted by molar-refractivity contribution is -0.143. The molecule has 2 aromatic rings. The van der Waals surface area contributed by atoms with Gasteiger partial charge in [0.2, 0.25) is 0 Å². The molecule has 0 radical (unpaired) electrons. The second-order valence-electron chi connectivity index (χ2n) is 5.82. The van der Waals surface area contributed by atoms with Crippen molar-refractivity contribution in [2.75, 3.05) is 19.6 Å². The van der Waals surface area contributed by atoms with Crippen LogP contribution in [0, 0.1) is 11.7 Å². The first-order valence-corrected chi connectivity index (χ1v) is 7.59. The van der Waals surface area contributed by atoms with Crippen molar-refractivity contribution in [2.24, 2.45) is 11.7 Å². The Balaban J connectivity index is 2.02. The zero-order valence-corrected chi connectivity index (χ0v) is 13.0. The van der Waals surface area contributed by atoms with Crippen LogP contribution in [-0.2, 0) is 6.18 Å². The highest BCUT2D eigenvalue weighted by Crippen LogP contribution is 2.33. The summed E-state index contributed by atoms with van der Waals surface area (Å²) in [6.07, 6.45) is -4.25. The Kier molecular flexibility index (Phi) is 4.46. The van der Waals surface area contributed by atoms with E-state index in [1.165, 1.54) is 17.0 Å². The summed E-state index contributed by atoms with van der Waals surface area (Å²) < 4.78 is 54.4. The van der Waals surface area contributed by atoms with Crippen LogP contribution in [0.15, 0.2) is 24.3 Å². The summed E-state index contributed by atoms with van der Waals surface area (Å²) >= 11 is 0. The highest BCUT2D eigenvalue weighted by atomic mass is 19.4. The van der Waals surface area contributed by atoms with Crippen LogP contribution in [0.3, 0.4) is 0 Å². The van der Waals surface area contributed by atoms with Crippen molar-refractivity contribution >= 4 is 5.91 Å². The first-order chi connectivity index (χ1) is 11.8. The minimum absolute atomic E-state index is 0.0524. The molecule has 1 unspecified atom stereocenters. The molecule has 1 aliphatic heterocycles. The fraction of sp³-hybridized carbons (Fsp3) is 0.400. The van der Waals surface area contributed by atoms with Gasteiger partial charge in [0, 0.05) is 13.1 Å². The van der Waals surface area contributed by atoms with Gasteiger partial charge in [0.1, 0.15) is 5.82 Å². The number of halogens is 4. The first kappa shape index (κ1) is 17.3. The Hall–Kier alpha value is -2.49. The van der Waals surface area contributed by atoms with Gasteiger partial charge in [-0.2, -0.15) is 13.2 Å². The number of likely N-dealkylation sites (tertiary alicyclic amines) is 1. The smallest absolute Gasteiger partial charge is 0.337 e. The van der Waals surface area contributed by atoms with Gasteiger partial charge < -0.3 is 10.6 Å². The Bertz CT molecular complexity index is 788. The van der Waals surface area contributed by atoms with Crippen molar-refractivity contribution in [1.29, 1.82) is 0 Å². The molecule has 1 aromatic heterocycles. The lowest BCUT2D eigenvalue weighted by Gasteiger charge is -2.16. The van der Waals surface area contributed by atoms with Crippen molar-refractivity contribution < 1.29 is 22.4 Å². The number of nitrogens with zero attached hydrogens (tertiary/aromatic N) is 4. The second kappa shape index (κ2) is 6.43. The summed E-state index contributed by atoms with van der Waals surface area (Å²) in [7, 11) is 0. The summed E-state index contributed by atoms with van der Waals surface area (Å²) in [5, 5.41) is 6.87. The largest absolute Gasteiger partial charge is 0.435 e. The van der Waals surface area contributed by atoms with Crippen LogP contribution in [-0.4, -0.2) is 45.4 Å². The van der Waals surface area contributed by atoms with Gasteiger partial charge in [-0.25, -0.2) is 9.07 Å². The Morgan fingerprint density at radius 1 is 1.36 bits per heavy atom. The fourth-order valence-corrected chi connectivity index (χ4v) is 2.83. The van der Waals surface area contributed by atoms with Gasteiger partial charge in [-0.1, -0.05) is 11.3 Å². The summed E-state index contributed by atoms with van der Waals surface area (Å²) in [4.78, 5) is 13.8. The second-order valence-corrected chi connectivity index (χ2v) is 5.82. The molecule has 25 heavy (non-hydrogen) atoms. The maximum atomic E-state index is 13.5. The molecule has 1 fully saturated rings. The van der Waals surface area contributed by atoms with Gasteiger partial charge in [0.15, 0.2) is 11.4 Å². The van der Waals surface area contributed by atoms with Crippen LogP contribution in [0.1, 0.15) is 22.6 Å². The molecular weight excluding hydrogens is 342 g/mol.